The first-order valence-electron chi connectivity index (χ1n) is 14.1. The third-order valence-corrected chi connectivity index (χ3v) is 11.3. The summed E-state index contributed by atoms with van der Waals surface area (Å²) in [6, 6.07) is 8.79. The van der Waals surface area contributed by atoms with Gasteiger partial charge in [0.1, 0.15) is 42.6 Å². The summed E-state index contributed by atoms with van der Waals surface area (Å²) < 4.78 is 41.4. The Morgan fingerprint density at radius 2 is 1.91 bits per heavy atom. The van der Waals surface area contributed by atoms with Crippen LogP contribution in [0, 0.1) is 12.8 Å². The molecule has 16 nitrogen and oxygen atoms in total. The number of aliphatic hydroxyl groups is 2. The van der Waals surface area contributed by atoms with Crippen LogP contribution < -0.4 is 17.0 Å². The van der Waals surface area contributed by atoms with E-state index in [4.69, 9.17) is 24.3 Å². The van der Waals surface area contributed by atoms with E-state index in [2.05, 4.69) is 19.9 Å². The van der Waals surface area contributed by atoms with Crippen LogP contribution in [0.15, 0.2) is 58.8 Å². The lowest BCUT2D eigenvalue weighted by Crippen LogP contribution is -2.34. The van der Waals surface area contributed by atoms with E-state index in [9.17, 15) is 24.4 Å². The largest absolute Gasteiger partial charge is 0.394 e. The molecule has 5 N–H and O–H groups in total. The maximum Gasteiger partial charge on any atom is 0.392 e. The molecule has 5 heterocycles. The van der Waals surface area contributed by atoms with Crippen molar-refractivity contribution in [3.05, 3.63) is 81.1 Å². The molecule has 2 saturated heterocycles. The summed E-state index contributed by atoms with van der Waals surface area (Å²) in [6.45, 7) is -1.06. The van der Waals surface area contributed by atoms with Gasteiger partial charge in [-0.1, -0.05) is 36.8 Å². The van der Waals surface area contributed by atoms with Crippen molar-refractivity contribution < 1.29 is 33.3 Å². The third kappa shape index (κ3) is 6.48. The highest BCUT2D eigenvalue weighted by Gasteiger charge is 2.49. The fourth-order valence-electron chi connectivity index (χ4n) is 5.31. The molecule has 3 unspecified atom stereocenters. The number of aryl methyl sites for hydroxylation is 1. The van der Waals surface area contributed by atoms with E-state index in [0.717, 1.165) is 22.5 Å². The fourth-order valence-corrected chi connectivity index (χ4v) is 8.89. The molecular weight excluding hydrogens is 629 g/mol. The first kappa shape index (κ1) is 31.6. The van der Waals surface area contributed by atoms with Crippen LogP contribution in [-0.4, -0.2) is 70.5 Å². The number of anilines is 1. The predicted octanol–water partition coefficient (Wildman–Crippen LogP) is 1.84. The lowest BCUT2D eigenvalue weighted by molar-refractivity contribution is -0.130. The van der Waals surface area contributed by atoms with Gasteiger partial charge in [-0.15, -0.1) is 0 Å². The van der Waals surface area contributed by atoms with Gasteiger partial charge >= 0.3 is 12.5 Å². The molecule has 8 atom stereocenters. The number of H-pyrrole nitrogens is 1. The zero-order chi connectivity index (χ0) is 31.9. The molecule has 0 radical (unpaired) electrons. The second-order valence-corrected chi connectivity index (χ2v) is 14.8. The Kier molecular flexibility index (Phi) is 8.96. The minimum atomic E-state index is -4.19. The molecule has 240 valence electrons. The van der Waals surface area contributed by atoms with Crippen molar-refractivity contribution in [3.63, 3.8) is 0 Å². The van der Waals surface area contributed by atoms with E-state index in [1.54, 1.807) is 11.5 Å². The van der Waals surface area contributed by atoms with Gasteiger partial charge in [0.25, 0.3) is 5.56 Å². The molecule has 0 saturated carbocycles. The number of aromatic nitrogens is 6. The molecule has 4 aromatic rings. The van der Waals surface area contributed by atoms with E-state index in [0.29, 0.717) is 11.2 Å². The van der Waals surface area contributed by atoms with Crippen molar-refractivity contribution in [2.24, 2.45) is 5.92 Å². The summed E-state index contributed by atoms with van der Waals surface area (Å²) in [5.74, 6) is -0.225. The number of aliphatic hydroxyl groups excluding tert-OH is 2. The molecule has 0 spiro atoms. The molecule has 2 aliphatic rings. The lowest BCUT2D eigenvalue weighted by atomic mass is 10.0. The highest BCUT2D eigenvalue weighted by molar-refractivity contribution is 8.54. The number of fused-ring (bicyclic) bond motifs is 1. The highest BCUT2D eigenvalue weighted by Crippen LogP contribution is 2.65. The van der Waals surface area contributed by atoms with Crippen molar-refractivity contribution in [2.45, 2.75) is 63.1 Å². The molecule has 3 aromatic heterocycles. The molecule has 18 heteroatoms. The minimum absolute atomic E-state index is 0.0576. The molecular formula is C27H32N7O9PS. The Bertz CT molecular complexity index is 1830. The number of nitrogens with zero attached hydrogens (tertiary/aromatic N) is 5. The summed E-state index contributed by atoms with van der Waals surface area (Å²) in [5, 5.41) is 21.1. The van der Waals surface area contributed by atoms with Gasteiger partial charge in [-0.2, -0.15) is 0 Å². The Hall–Kier alpha value is -3.41. The number of imidazole rings is 1. The van der Waals surface area contributed by atoms with Crippen LogP contribution in [0.5, 0.6) is 0 Å². The molecule has 45 heavy (non-hydrogen) atoms. The maximum absolute atomic E-state index is 14.5. The summed E-state index contributed by atoms with van der Waals surface area (Å²) in [4.78, 5) is 38.7. The van der Waals surface area contributed by atoms with Gasteiger partial charge in [-0.25, -0.2) is 24.3 Å². The molecule has 0 bridgehead atoms. The van der Waals surface area contributed by atoms with Gasteiger partial charge in [0.05, 0.1) is 12.9 Å². The van der Waals surface area contributed by atoms with Gasteiger partial charge < -0.3 is 25.4 Å². The normalized spacial score (nSPS) is 28.0. The SMILES string of the molecule is Cc1ccc(CSP(=O)(OC2[C@@H](CO)O[C@@H](n3ccc(=O)[nH]c3=O)[C@H]2C)O[C@H]2O[C@@H](n3cnc4c(N)ncnc43)CC2O)cc1. The smallest absolute Gasteiger partial charge is 0.392 e. The number of hydrogen-bond acceptors (Lipinski definition) is 14. The van der Waals surface area contributed by atoms with Crippen molar-refractivity contribution in [1.29, 1.82) is 0 Å². The number of hydrogen-bond donors (Lipinski definition) is 4. The van der Waals surface area contributed by atoms with Crippen LogP contribution >= 0.6 is 18.2 Å². The Morgan fingerprint density at radius 1 is 1.13 bits per heavy atom. The topological polar surface area (TPSA) is 219 Å². The monoisotopic (exact) mass is 661 g/mol. The number of nitrogens with two attached hydrogens (primary N) is 1. The zero-order valence-corrected chi connectivity index (χ0v) is 25.9. The fraction of sp³-hybridized carbons (Fsp3) is 0.444. The zero-order valence-electron chi connectivity index (χ0n) is 24.2. The third-order valence-electron chi connectivity index (χ3n) is 7.69. The first-order valence-corrected chi connectivity index (χ1v) is 17.2. The van der Waals surface area contributed by atoms with E-state index >= 15 is 0 Å². The van der Waals surface area contributed by atoms with Crippen LogP contribution in [-0.2, 0) is 28.8 Å². The van der Waals surface area contributed by atoms with Crippen LogP contribution in [0.3, 0.4) is 0 Å². The molecule has 0 amide bonds. The summed E-state index contributed by atoms with van der Waals surface area (Å²) in [5.41, 5.74) is 7.27. The highest BCUT2D eigenvalue weighted by atomic mass is 32.7. The predicted molar refractivity (Wildman–Crippen MR) is 162 cm³/mol. The second-order valence-electron chi connectivity index (χ2n) is 10.9. The number of nitrogens with one attached hydrogen (secondary N) is 1. The maximum atomic E-state index is 14.5. The average Bonchev–Trinajstić information content (AvgIpc) is 3.69. The van der Waals surface area contributed by atoms with Gasteiger partial charge in [0.15, 0.2) is 17.8 Å². The average molecular weight is 662 g/mol. The van der Waals surface area contributed by atoms with E-state index in [1.165, 1.54) is 29.5 Å². The van der Waals surface area contributed by atoms with E-state index in [-0.39, 0.29) is 18.0 Å². The number of benzene rings is 1. The second kappa shape index (κ2) is 12.8. The van der Waals surface area contributed by atoms with Crippen LogP contribution in [0.4, 0.5) is 5.82 Å². The minimum Gasteiger partial charge on any atom is -0.394 e. The quantitative estimate of drug-likeness (QED) is 0.178. The molecule has 6 rings (SSSR count). The number of rotatable bonds is 10. The summed E-state index contributed by atoms with van der Waals surface area (Å²) >= 11 is 0.889. The van der Waals surface area contributed by atoms with Gasteiger partial charge in [-0.05, 0) is 23.9 Å². The summed E-state index contributed by atoms with van der Waals surface area (Å²) in [7, 11) is 0. The first-order chi connectivity index (χ1) is 21.5. The molecule has 2 fully saturated rings. The molecule has 1 aromatic carbocycles. The van der Waals surface area contributed by atoms with Crippen molar-refractivity contribution in [3.8, 4) is 0 Å². The van der Waals surface area contributed by atoms with Gasteiger partial charge in [0.2, 0.25) is 0 Å². The lowest BCUT2D eigenvalue weighted by Gasteiger charge is -2.28. The number of ether oxygens (including phenoxy) is 2. The van der Waals surface area contributed by atoms with Crippen molar-refractivity contribution in [1.82, 2.24) is 29.1 Å². The van der Waals surface area contributed by atoms with Crippen molar-refractivity contribution in [2.75, 3.05) is 12.3 Å². The van der Waals surface area contributed by atoms with Crippen LogP contribution in [0.2, 0.25) is 0 Å². The Balaban J connectivity index is 1.26. The van der Waals surface area contributed by atoms with E-state index < -0.39 is 67.6 Å². The number of aromatic amines is 1. The Morgan fingerprint density at radius 3 is 2.64 bits per heavy atom. The van der Waals surface area contributed by atoms with Gasteiger partial charge in [0, 0.05) is 30.4 Å². The standard InChI is InChI=1S/C27H32N7O9PS/c1-14-3-5-16(6-4-14)11-45-44(39,42-22-15(2)25(40-18(22)10-35)33-8-7-19(37)32-27(33)38)43-26-17(36)9-20(41-26)34-13-31-21-23(28)29-12-30-24(21)34/h3-8,12-13,15,17-18,20,22,25-26,35-36H,9-11H2,1-2H3,(H2,28,29,30)(H,32,37,38)/t15-,17?,18+,20+,22?,25+,26+,44?/m0/s1. The Labute approximate surface area is 259 Å². The molecule has 2 aliphatic heterocycles. The van der Waals surface area contributed by atoms with Gasteiger partial charge in [-0.3, -0.25) is 28.0 Å². The van der Waals surface area contributed by atoms with E-state index in [1.807, 2.05) is 31.2 Å². The van der Waals surface area contributed by atoms with Crippen molar-refractivity contribution >= 4 is 35.2 Å². The summed E-state index contributed by atoms with van der Waals surface area (Å²) in [6.07, 6.45) is -2.23. The van der Waals surface area contributed by atoms with Crippen LogP contribution in [0.25, 0.3) is 11.2 Å². The van der Waals surface area contributed by atoms with Crippen LogP contribution in [0.1, 0.15) is 36.9 Å². The number of nitrogen functional groups attached to an aromatic ring is 1. The molecule has 0 aliphatic carbocycles.